The van der Waals surface area contributed by atoms with Crippen LogP contribution in [0.2, 0.25) is 39.3 Å². The van der Waals surface area contributed by atoms with Crippen molar-refractivity contribution in [1.29, 1.82) is 5.26 Å². The van der Waals surface area contributed by atoms with Gasteiger partial charge in [0.05, 0.1) is 13.2 Å². The van der Waals surface area contributed by atoms with Gasteiger partial charge in [-0.25, -0.2) is 0 Å². The Morgan fingerprint density at radius 2 is 0.972 bits per heavy atom. The number of rotatable bonds is 5. The van der Waals surface area contributed by atoms with E-state index in [2.05, 4.69) is 59.9 Å². The van der Waals surface area contributed by atoms with E-state index in [0.29, 0.717) is 12.8 Å². The first-order valence-corrected chi connectivity index (χ1v) is 19.5. The summed E-state index contributed by atoms with van der Waals surface area (Å²) < 4.78 is 8.93. The molecule has 0 amide bonds. The van der Waals surface area contributed by atoms with E-state index in [1.807, 2.05) is 20.8 Å². The normalized spacial score (nSPS) is 8.31. The fourth-order valence-electron chi connectivity index (χ4n) is 1.01. The van der Waals surface area contributed by atoms with Gasteiger partial charge < -0.3 is 24.1 Å². The molecule has 0 aromatic rings. The molecule has 212 valence electrons. The van der Waals surface area contributed by atoms with Crippen molar-refractivity contribution in [1.82, 2.24) is 0 Å². The van der Waals surface area contributed by atoms with Gasteiger partial charge in [-0.2, -0.15) is 5.26 Å². The number of ether oxygens (including phenoxy) is 1. The molecule has 12 heteroatoms. The summed E-state index contributed by atoms with van der Waals surface area (Å²) in [5, 5.41) is 16.1. The number of ketones is 2. The molecule has 0 aliphatic carbocycles. The van der Waals surface area contributed by atoms with Gasteiger partial charge in [-0.15, -0.1) is 0 Å². The maximum atomic E-state index is 9.81. The van der Waals surface area contributed by atoms with E-state index in [9.17, 15) is 19.2 Å². The van der Waals surface area contributed by atoms with E-state index < -0.39 is 22.4 Å². The largest absolute Gasteiger partial charge is 1.00 e. The second kappa shape index (κ2) is 41.4. The topological polar surface area (TPSA) is 136 Å². The predicted molar refractivity (Wildman–Crippen MR) is 158 cm³/mol. The number of nitrogens with zero attached hydrogens (tertiary/aromatic N) is 2. The Hall–Kier alpha value is -0.759. The summed E-state index contributed by atoms with van der Waals surface area (Å²) in [6.07, 6.45) is 1.56. The molecule has 0 fully saturated rings. The second-order valence-electron chi connectivity index (χ2n) is 8.50. The molecule has 0 aliphatic rings. The van der Waals surface area contributed by atoms with Crippen molar-refractivity contribution in [2.75, 3.05) is 12.4 Å². The molecular formula is C24H54BrLiN2O6Si2. The van der Waals surface area contributed by atoms with Crippen LogP contribution >= 0.6 is 15.9 Å². The summed E-state index contributed by atoms with van der Waals surface area (Å²) in [6, 6.07) is 1.75. The first-order valence-electron chi connectivity index (χ1n) is 11.5. The Bertz CT molecular complexity index is 480. The van der Waals surface area contributed by atoms with E-state index in [1.54, 1.807) is 26.8 Å². The zero-order valence-electron chi connectivity index (χ0n) is 26.1. The maximum Gasteiger partial charge on any atom is 1.00 e. The van der Waals surface area contributed by atoms with Crippen molar-refractivity contribution in [3.05, 3.63) is 4.65 Å². The Labute approximate surface area is 245 Å². The monoisotopic (exact) mass is 608 g/mol. The fraction of sp³-hybridized carbons (Fsp3) is 0.792. The van der Waals surface area contributed by atoms with E-state index >= 15 is 0 Å². The molecule has 0 rings (SSSR count). The molecule has 0 radical (unpaired) electrons. The van der Waals surface area contributed by atoms with Crippen molar-refractivity contribution in [2.45, 2.75) is 114 Å². The SMILES string of the molecule is CC#N.CCBr.CCC(=O)O.CCC(C)=O.CCC(C)=O.COC(C)=O.C[Si](C)(C)[N-][Si](C)(C)C.[Li+]. The molecule has 0 aliphatic heterocycles. The van der Waals surface area contributed by atoms with Crippen LogP contribution in [0.15, 0.2) is 0 Å². The van der Waals surface area contributed by atoms with Crippen LogP contribution in [0, 0.1) is 11.3 Å². The molecular weight excluding hydrogens is 555 g/mol. The van der Waals surface area contributed by atoms with Crippen LogP contribution in [0.5, 0.6) is 0 Å². The number of carboxylic acids is 1. The van der Waals surface area contributed by atoms with Crippen molar-refractivity contribution < 1.29 is 47.9 Å². The van der Waals surface area contributed by atoms with Gasteiger partial charge in [0.15, 0.2) is 0 Å². The Balaban J connectivity index is -0.0000000436. The Morgan fingerprint density at radius 1 is 0.833 bits per heavy atom. The smallest absolute Gasteiger partial charge is 0.668 e. The fourth-order valence-corrected chi connectivity index (χ4v) is 9.06. The van der Waals surface area contributed by atoms with Crippen LogP contribution in [-0.4, -0.2) is 57.5 Å². The van der Waals surface area contributed by atoms with E-state index in [1.165, 1.54) is 21.0 Å². The standard InChI is InChI=1S/C6H18NSi2.2C4H8O.2C3H6O2.C2H5Br.C2H3N.Li/c1-8(2,3)7-9(4,5)6;2*1-3-4(2)5;1-3(4)5-2;1-2-3(4)5;2*1-2-3;/h1-6H3;2*3H2,1-2H3;1-2H3;2H2,1H3,(H,4,5);2H2,1H3;1H3;/q-1;;;;;;;+1. The van der Waals surface area contributed by atoms with Crippen molar-refractivity contribution >= 4 is 55.9 Å². The van der Waals surface area contributed by atoms with E-state index in [0.717, 1.165) is 5.33 Å². The first-order chi connectivity index (χ1) is 15.6. The van der Waals surface area contributed by atoms with Crippen LogP contribution < -0.4 is 18.9 Å². The van der Waals surface area contributed by atoms with Gasteiger partial charge in [-0.05, 0) is 13.8 Å². The summed E-state index contributed by atoms with van der Waals surface area (Å²) in [6.45, 7) is 27.1. The summed E-state index contributed by atoms with van der Waals surface area (Å²) in [4.78, 5) is 38.6. The number of hydrogen-bond acceptors (Lipinski definition) is 6. The Kier molecular flexibility index (Phi) is 64.0. The molecule has 0 unspecified atom stereocenters. The molecule has 36 heavy (non-hydrogen) atoms. The number of methoxy groups -OCH3 is 1. The number of alkyl halides is 1. The molecule has 1 N–H and O–H groups in total. The van der Waals surface area contributed by atoms with Crippen molar-refractivity contribution in [3.63, 3.8) is 0 Å². The minimum atomic E-state index is -1.11. The molecule has 8 nitrogen and oxygen atoms in total. The van der Waals surface area contributed by atoms with Crippen LogP contribution in [0.1, 0.15) is 74.7 Å². The van der Waals surface area contributed by atoms with Gasteiger partial charge >= 0.3 is 30.8 Å². The van der Waals surface area contributed by atoms with Crippen LogP contribution in [0.25, 0.3) is 4.65 Å². The number of hydrogen-bond donors (Lipinski definition) is 1. The summed E-state index contributed by atoms with van der Waals surface area (Å²) in [5.41, 5.74) is 0. The van der Waals surface area contributed by atoms with Gasteiger partial charge in [-0.1, -0.05) is 99.4 Å². The van der Waals surface area contributed by atoms with Gasteiger partial charge in [0.25, 0.3) is 0 Å². The quantitative estimate of drug-likeness (QED) is 0.273. The number of carboxylic acid groups (broad SMARTS) is 1. The number of Topliss-reactive ketones (excluding diaryl/α,β-unsaturated/α-hetero) is 2. The van der Waals surface area contributed by atoms with E-state index in [4.69, 9.17) is 15.0 Å². The molecule has 0 heterocycles. The van der Waals surface area contributed by atoms with Crippen molar-refractivity contribution in [2.24, 2.45) is 0 Å². The summed E-state index contributed by atoms with van der Waals surface area (Å²) >= 11 is 3.15. The van der Waals surface area contributed by atoms with Gasteiger partial charge in [0, 0.05) is 38.4 Å². The molecule has 0 aromatic carbocycles. The summed E-state index contributed by atoms with van der Waals surface area (Å²) in [5.74, 6) is -0.481. The number of carbonyl (C=O) groups is 4. The molecule has 0 spiro atoms. The Morgan fingerprint density at radius 3 is 0.972 bits per heavy atom. The van der Waals surface area contributed by atoms with Gasteiger partial charge in [0.2, 0.25) is 0 Å². The van der Waals surface area contributed by atoms with E-state index in [-0.39, 0.29) is 42.8 Å². The zero-order valence-corrected chi connectivity index (χ0v) is 29.7. The number of aliphatic carboxylic acids is 1. The molecule has 0 atom stereocenters. The molecule has 0 aromatic heterocycles. The van der Waals surface area contributed by atoms with Crippen LogP contribution in [0.4, 0.5) is 0 Å². The maximum absolute atomic E-state index is 9.81. The number of carbonyl (C=O) groups excluding carboxylic acids is 3. The molecule has 0 saturated carbocycles. The number of esters is 1. The minimum Gasteiger partial charge on any atom is -0.668 e. The van der Waals surface area contributed by atoms with Crippen LogP contribution in [-0.2, 0) is 23.9 Å². The average molecular weight is 610 g/mol. The summed E-state index contributed by atoms with van der Waals surface area (Å²) in [7, 11) is -0.862. The molecule has 0 saturated heterocycles. The van der Waals surface area contributed by atoms with Gasteiger partial charge in [0.1, 0.15) is 11.6 Å². The zero-order chi connectivity index (χ0) is 30.3. The first kappa shape index (κ1) is 55.7. The number of nitriles is 1. The number of halogens is 1. The minimum absolute atomic E-state index is 0. The predicted octanol–water partition coefficient (Wildman–Crippen LogP) is 4.60. The second-order valence-corrected chi connectivity index (χ2v) is 19.2. The van der Waals surface area contributed by atoms with Crippen LogP contribution in [0.3, 0.4) is 0 Å². The third-order valence-electron chi connectivity index (χ3n) is 2.26. The third kappa shape index (κ3) is 197. The van der Waals surface area contributed by atoms with Crippen molar-refractivity contribution in [3.8, 4) is 6.07 Å². The van der Waals surface area contributed by atoms with Gasteiger partial charge in [-0.3, -0.25) is 9.59 Å². The average Bonchev–Trinajstić information content (AvgIpc) is 2.68. The molecule has 0 bridgehead atoms. The third-order valence-corrected chi connectivity index (χ3v) is 7.62.